The van der Waals surface area contributed by atoms with Crippen LogP contribution in [0.3, 0.4) is 0 Å². The van der Waals surface area contributed by atoms with E-state index in [0.29, 0.717) is 12.2 Å². The van der Waals surface area contributed by atoms with E-state index in [1.165, 1.54) is 25.3 Å². The summed E-state index contributed by atoms with van der Waals surface area (Å²) in [4.78, 5) is 23.4. The van der Waals surface area contributed by atoms with Crippen LogP contribution in [-0.4, -0.2) is 26.8 Å². The van der Waals surface area contributed by atoms with E-state index >= 15 is 0 Å². The molecule has 0 bridgehead atoms. The first-order valence-corrected chi connectivity index (χ1v) is 7.84. The fraction of sp³-hybridized carbons (Fsp3) is 0.111. The quantitative estimate of drug-likeness (QED) is 0.738. The van der Waals surface area contributed by atoms with Crippen LogP contribution < -0.4 is 10.6 Å². The molecular weight excluding hydrogens is 337 g/mol. The van der Waals surface area contributed by atoms with Crippen LogP contribution in [0.2, 0.25) is 0 Å². The van der Waals surface area contributed by atoms with Crippen LogP contribution in [0.4, 0.5) is 15.8 Å². The summed E-state index contributed by atoms with van der Waals surface area (Å²) in [7, 11) is 0. The summed E-state index contributed by atoms with van der Waals surface area (Å²) in [5, 5.41) is 12.8. The van der Waals surface area contributed by atoms with E-state index in [1.54, 1.807) is 4.68 Å². The van der Waals surface area contributed by atoms with Crippen LogP contribution in [0, 0.1) is 5.82 Å². The van der Waals surface area contributed by atoms with Crippen molar-refractivity contribution in [3.05, 3.63) is 71.8 Å². The van der Waals surface area contributed by atoms with Crippen molar-refractivity contribution >= 4 is 23.2 Å². The first-order valence-electron chi connectivity index (χ1n) is 7.84. The summed E-state index contributed by atoms with van der Waals surface area (Å²) in [6.07, 6.45) is 1.53. The molecule has 0 aliphatic rings. The lowest BCUT2D eigenvalue weighted by Crippen LogP contribution is -2.13. The van der Waals surface area contributed by atoms with E-state index in [2.05, 4.69) is 20.9 Å². The van der Waals surface area contributed by atoms with Gasteiger partial charge in [-0.05, 0) is 23.8 Å². The van der Waals surface area contributed by atoms with E-state index in [-0.39, 0.29) is 11.4 Å². The van der Waals surface area contributed by atoms with Gasteiger partial charge in [-0.1, -0.05) is 35.5 Å². The second-order valence-electron chi connectivity index (χ2n) is 5.62. The van der Waals surface area contributed by atoms with Gasteiger partial charge in [-0.3, -0.25) is 9.59 Å². The lowest BCUT2D eigenvalue weighted by Gasteiger charge is -2.07. The first kappa shape index (κ1) is 17.3. The molecule has 1 aromatic heterocycles. The standard InChI is InChI=1S/C18H16FN5O2/c1-12(25)20-16-9-14(7-8-15(16)19)21-18(26)17-11-24(23-22-17)10-13-5-3-2-4-6-13/h2-9,11H,10H2,1H3,(H,20,25)(H,21,26). The third-order valence-corrected chi connectivity index (χ3v) is 3.49. The predicted molar refractivity (Wildman–Crippen MR) is 94.2 cm³/mol. The van der Waals surface area contributed by atoms with Gasteiger partial charge in [0.05, 0.1) is 18.4 Å². The summed E-state index contributed by atoms with van der Waals surface area (Å²) in [6.45, 7) is 1.76. The van der Waals surface area contributed by atoms with Crippen molar-refractivity contribution in [2.24, 2.45) is 0 Å². The fourth-order valence-corrected chi connectivity index (χ4v) is 2.33. The number of carbonyl (C=O) groups excluding carboxylic acids is 2. The number of rotatable bonds is 5. The molecule has 7 nitrogen and oxygen atoms in total. The maximum Gasteiger partial charge on any atom is 0.277 e. The van der Waals surface area contributed by atoms with Crippen LogP contribution in [0.15, 0.2) is 54.7 Å². The lowest BCUT2D eigenvalue weighted by atomic mass is 10.2. The zero-order chi connectivity index (χ0) is 18.5. The molecule has 2 amide bonds. The number of hydrogen-bond acceptors (Lipinski definition) is 4. The second-order valence-corrected chi connectivity index (χ2v) is 5.62. The summed E-state index contributed by atoms with van der Waals surface area (Å²) >= 11 is 0. The minimum atomic E-state index is -0.591. The highest BCUT2D eigenvalue weighted by Crippen LogP contribution is 2.20. The van der Waals surface area contributed by atoms with E-state index in [9.17, 15) is 14.0 Å². The highest BCUT2D eigenvalue weighted by atomic mass is 19.1. The SMILES string of the molecule is CC(=O)Nc1cc(NC(=O)c2cn(Cc3ccccc3)nn2)ccc1F. The Hall–Kier alpha value is -3.55. The smallest absolute Gasteiger partial charge is 0.277 e. The molecule has 1 heterocycles. The van der Waals surface area contributed by atoms with Gasteiger partial charge in [-0.2, -0.15) is 0 Å². The molecule has 0 aliphatic carbocycles. The summed E-state index contributed by atoms with van der Waals surface area (Å²) in [5.41, 5.74) is 1.48. The Labute approximate surface area is 148 Å². The summed E-state index contributed by atoms with van der Waals surface area (Å²) in [5.74, 6) is -1.48. The number of hydrogen-bond donors (Lipinski definition) is 2. The minimum Gasteiger partial charge on any atom is -0.324 e. The molecular formula is C18H16FN5O2. The van der Waals surface area contributed by atoms with E-state index in [4.69, 9.17) is 0 Å². The Balaban J connectivity index is 1.70. The zero-order valence-electron chi connectivity index (χ0n) is 13.9. The monoisotopic (exact) mass is 353 g/mol. The predicted octanol–water partition coefficient (Wildman–Crippen LogP) is 2.68. The first-order chi connectivity index (χ1) is 12.5. The number of aromatic nitrogens is 3. The molecule has 132 valence electrons. The van der Waals surface area contributed by atoms with Crippen molar-refractivity contribution in [3.63, 3.8) is 0 Å². The Morgan fingerprint density at radius 1 is 1.12 bits per heavy atom. The third-order valence-electron chi connectivity index (χ3n) is 3.49. The zero-order valence-corrected chi connectivity index (χ0v) is 13.9. The highest BCUT2D eigenvalue weighted by molar-refractivity contribution is 6.03. The molecule has 0 aliphatic heterocycles. The van der Waals surface area contributed by atoms with Crippen LogP contribution in [-0.2, 0) is 11.3 Å². The van der Waals surface area contributed by atoms with Gasteiger partial charge in [0.1, 0.15) is 5.82 Å². The number of amides is 2. The number of halogens is 1. The number of anilines is 2. The van der Waals surface area contributed by atoms with Gasteiger partial charge in [-0.25, -0.2) is 9.07 Å². The van der Waals surface area contributed by atoms with Gasteiger partial charge in [0.15, 0.2) is 5.69 Å². The molecule has 8 heteroatoms. The Morgan fingerprint density at radius 2 is 1.88 bits per heavy atom. The van der Waals surface area contributed by atoms with E-state index in [0.717, 1.165) is 11.6 Å². The largest absolute Gasteiger partial charge is 0.324 e. The third kappa shape index (κ3) is 4.29. The molecule has 3 rings (SSSR count). The molecule has 3 aromatic rings. The Morgan fingerprint density at radius 3 is 2.62 bits per heavy atom. The fourth-order valence-electron chi connectivity index (χ4n) is 2.33. The lowest BCUT2D eigenvalue weighted by molar-refractivity contribution is -0.114. The van der Waals surface area contributed by atoms with Crippen molar-refractivity contribution in [2.45, 2.75) is 13.5 Å². The number of nitrogens with one attached hydrogen (secondary N) is 2. The van der Waals surface area contributed by atoms with E-state index in [1.807, 2.05) is 30.3 Å². The Bertz CT molecular complexity index is 940. The highest BCUT2D eigenvalue weighted by Gasteiger charge is 2.13. The molecule has 0 fully saturated rings. The van der Waals surface area contributed by atoms with Gasteiger partial charge in [0, 0.05) is 12.6 Å². The van der Waals surface area contributed by atoms with Gasteiger partial charge in [0.2, 0.25) is 5.91 Å². The maximum absolute atomic E-state index is 13.6. The maximum atomic E-state index is 13.6. The second kappa shape index (κ2) is 7.56. The van der Waals surface area contributed by atoms with Crippen LogP contribution in [0.1, 0.15) is 23.0 Å². The molecule has 0 saturated heterocycles. The minimum absolute atomic E-state index is 0.0111. The molecule has 0 saturated carbocycles. The van der Waals surface area contributed by atoms with Crippen molar-refractivity contribution in [1.82, 2.24) is 15.0 Å². The average molecular weight is 353 g/mol. The molecule has 0 radical (unpaired) electrons. The van der Waals surface area contributed by atoms with Crippen LogP contribution in [0.25, 0.3) is 0 Å². The number of carbonyl (C=O) groups is 2. The van der Waals surface area contributed by atoms with Crippen LogP contribution in [0.5, 0.6) is 0 Å². The van der Waals surface area contributed by atoms with Crippen molar-refractivity contribution in [2.75, 3.05) is 10.6 Å². The molecule has 26 heavy (non-hydrogen) atoms. The van der Waals surface area contributed by atoms with Crippen molar-refractivity contribution < 1.29 is 14.0 Å². The average Bonchev–Trinajstić information content (AvgIpc) is 3.07. The molecule has 2 aromatic carbocycles. The molecule has 0 spiro atoms. The van der Waals surface area contributed by atoms with Gasteiger partial charge in [0.25, 0.3) is 5.91 Å². The number of nitrogens with zero attached hydrogens (tertiary/aromatic N) is 3. The van der Waals surface area contributed by atoms with Gasteiger partial charge in [-0.15, -0.1) is 5.10 Å². The summed E-state index contributed by atoms with van der Waals surface area (Å²) in [6, 6.07) is 13.5. The summed E-state index contributed by atoms with van der Waals surface area (Å²) < 4.78 is 15.2. The molecule has 0 atom stereocenters. The number of benzene rings is 2. The molecule has 2 N–H and O–H groups in total. The topological polar surface area (TPSA) is 88.9 Å². The van der Waals surface area contributed by atoms with Gasteiger partial charge < -0.3 is 10.6 Å². The van der Waals surface area contributed by atoms with Crippen LogP contribution >= 0.6 is 0 Å². The molecule has 0 unspecified atom stereocenters. The van der Waals surface area contributed by atoms with E-state index < -0.39 is 17.6 Å². The van der Waals surface area contributed by atoms with Crippen molar-refractivity contribution in [3.8, 4) is 0 Å². The normalized spacial score (nSPS) is 10.4. The van der Waals surface area contributed by atoms with Gasteiger partial charge >= 0.3 is 0 Å². The Kier molecular flexibility index (Phi) is 5.02. The van der Waals surface area contributed by atoms with Crippen molar-refractivity contribution in [1.29, 1.82) is 0 Å².